The minimum Gasteiger partial charge on any atom is -0.497 e. The second-order valence-electron chi connectivity index (χ2n) is 13.5. The van der Waals surface area contributed by atoms with Crippen LogP contribution in [0, 0.1) is 17.8 Å². The second-order valence-corrected chi connectivity index (χ2v) is 13.5. The highest BCUT2D eigenvalue weighted by molar-refractivity contribution is 6.04. The molecule has 236 valence electrons. The smallest absolute Gasteiger partial charge is 0.310 e. The third-order valence-corrected chi connectivity index (χ3v) is 10.6. The molecule has 3 bridgehead atoms. The van der Waals surface area contributed by atoms with Crippen LogP contribution >= 0.6 is 0 Å². The zero-order valence-electron chi connectivity index (χ0n) is 26.2. The van der Waals surface area contributed by atoms with Gasteiger partial charge in [0, 0.05) is 18.3 Å². The number of ether oxygens (including phenoxy) is 5. The van der Waals surface area contributed by atoms with Crippen molar-refractivity contribution in [3.8, 4) is 5.75 Å². The van der Waals surface area contributed by atoms with Crippen molar-refractivity contribution in [3.63, 3.8) is 0 Å². The molecule has 1 saturated carbocycles. The largest absolute Gasteiger partial charge is 0.497 e. The molecule has 2 aromatic carbocycles. The van der Waals surface area contributed by atoms with Gasteiger partial charge in [0.25, 0.3) is 5.97 Å². The molecule has 0 spiro atoms. The summed E-state index contributed by atoms with van der Waals surface area (Å²) in [5, 5.41) is 12.4. The molecule has 1 N–H and O–H groups in total. The third kappa shape index (κ3) is 4.48. The first-order valence-electron chi connectivity index (χ1n) is 15.7. The average molecular weight is 613 g/mol. The van der Waals surface area contributed by atoms with Crippen molar-refractivity contribution in [3.05, 3.63) is 101 Å². The van der Waals surface area contributed by atoms with E-state index in [2.05, 4.69) is 13.5 Å². The average Bonchev–Trinajstić information content (AvgIpc) is 3.32. The molecular weight excluding hydrogens is 572 g/mol. The van der Waals surface area contributed by atoms with E-state index in [1.54, 1.807) is 20.1 Å². The van der Waals surface area contributed by atoms with Crippen LogP contribution in [-0.2, 0) is 41.4 Å². The van der Waals surface area contributed by atoms with E-state index in [1.807, 2.05) is 67.6 Å². The number of aliphatic hydroxyl groups is 1. The van der Waals surface area contributed by atoms with Gasteiger partial charge >= 0.3 is 5.97 Å². The molecule has 2 aliphatic heterocycles. The van der Waals surface area contributed by atoms with Gasteiger partial charge in [-0.1, -0.05) is 68.1 Å². The monoisotopic (exact) mass is 612 g/mol. The summed E-state index contributed by atoms with van der Waals surface area (Å²) in [4.78, 5) is 26.8. The Labute approximate surface area is 263 Å². The fourth-order valence-corrected chi connectivity index (χ4v) is 8.66. The number of methoxy groups -OCH3 is 1. The molecule has 8 heteroatoms. The van der Waals surface area contributed by atoms with Gasteiger partial charge in [-0.05, 0) is 66.2 Å². The number of Topliss-reactive ketones (excluding diaryl/α,β-unsaturated/α-hetero) is 1. The molecule has 0 radical (unpaired) electrons. The van der Waals surface area contributed by atoms with E-state index < -0.39 is 46.7 Å². The maximum absolute atomic E-state index is 13.8. The van der Waals surface area contributed by atoms with Gasteiger partial charge < -0.3 is 28.8 Å². The summed E-state index contributed by atoms with van der Waals surface area (Å²) < 4.78 is 32.0. The van der Waals surface area contributed by atoms with Crippen LogP contribution in [0.2, 0.25) is 0 Å². The Bertz CT molecular complexity index is 1630. The summed E-state index contributed by atoms with van der Waals surface area (Å²) in [5.74, 6) is -2.75. The molecular formula is C37H40O8. The molecule has 0 aromatic heterocycles. The van der Waals surface area contributed by atoms with Gasteiger partial charge in [0.1, 0.15) is 29.7 Å². The van der Waals surface area contributed by atoms with Crippen LogP contribution < -0.4 is 4.74 Å². The predicted octanol–water partition coefficient (Wildman–Crippen LogP) is 5.04. The lowest BCUT2D eigenvalue weighted by Gasteiger charge is -2.59. The third-order valence-electron chi connectivity index (χ3n) is 10.6. The SMILES string of the molecule is C=C(C)[C@@]12C[C@@H](C)C34OC(Cc5ccccc5)(OC1[C@@H]3C=C(COC(=O)Cc1cccc(OC)c1)C[C@]1(O)C(=O)C(C)=C[C@@H]41)O2. The van der Waals surface area contributed by atoms with Crippen molar-refractivity contribution >= 4 is 11.8 Å². The topological polar surface area (TPSA) is 101 Å². The van der Waals surface area contributed by atoms with Crippen LogP contribution in [-0.4, -0.2) is 59.5 Å². The first kappa shape index (κ1) is 30.1. The summed E-state index contributed by atoms with van der Waals surface area (Å²) in [7, 11) is 1.58. The van der Waals surface area contributed by atoms with E-state index in [0.29, 0.717) is 29.7 Å². The molecule has 0 amide bonds. The summed E-state index contributed by atoms with van der Waals surface area (Å²) >= 11 is 0. The highest BCUT2D eigenvalue weighted by Crippen LogP contribution is 2.68. The van der Waals surface area contributed by atoms with E-state index in [0.717, 1.165) is 16.7 Å². The van der Waals surface area contributed by atoms with Crippen LogP contribution in [0.25, 0.3) is 0 Å². The maximum atomic E-state index is 13.8. The molecule has 3 unspecified atom stereocenters. The molecule has 8 atom stereocenters. The lowest BCUT2D eigenvalue weighted by atomic mass is 9.55. The maximum Gasteiger partial charge on any atom is 0.310 e. The minimum absolute atomic E-state index is 0.0183. The molecule has 3 fully saturated rings. The molecule has 7 rings (SSSR count). The number of fused-ring (bicyclic) bond motifs is 2. The van der Waals surface area contributed by atoms with Gasteiger partial charge in [-0.2, -0.15) is 0 Å². The number of hydrogen-bond acceptors (Lipinski definition) is 8. The van der Waals surface area contributed by atoms with Gasteiger partial charge in [0.2, 0.25) is 0 Å². The predicted molar refractivity (Wildman–Crippen MR) is 165 cm³/mol. The number of benzene rings is 2. The van der Waals surface area contributed by atoms with Crippen molar-refractivity contribution in [2.24, 2.45) is 17.8 Å². The molecule has 3 aliphatic carbocycles. The second kappa shape index (κ2) is 10.5. The van der Waals surface area contributed by atoms with Crippen molar-refractivity contribution in [1.82, 2.24) is 0 Å². The Kier molecular flexibility index (Phi) is 7.02. The summed E-state index contributed by atoms with van der Waals surface area (Å²) in [6.07, 6.45) is 4.39. The zero-order valence-corrected chi connectivity index (χ0v) is 26.2. The van der Waals surface area contributed by atoms with Crippen molar-refractivity contribution in [2.75, 3.05) is 13.7 Å². The van der Waals surface area contributed by atoms with Crippen LogP contribution in [0.4, 0.5) is 0 Å². The first-order chi connectivity index (χ1) is 21.4. The Morgan fingerprint density at radius 1 is 1.09 bits per heavy atom. The summed E-state index contributed by atoms with van der Waals surface area (Å²) in [5.41, 5.74) is 0.0803. The van der Waals surface area contributed by atoms with E-state index in [4.69, 9.17) is 23.7 Å². The van der Waals surface area contributed by atoms with Crippen molar-refractivity contribution in [2.45, 2.75) is 75.3 Å². The molecule has 8 nitrogen and oxygen atoms in total. The van der Waals surface area contributed by atoms with Crippen LogP contribution in [0.5, 0.6) is 5.75 Å². The number of carbonyl (C=O) groups is 2. The molecule has 2 saturated heterocycles. The molecule has 2 heterocycles. The number of carbonyl (C=O) groups excluding carboxylic acids is 2. The van der Waals surface area contributed by atoms with Gasteiger partial charge in [-0.15, -0.1) is 0 Å². The van der Waals surface area contributed by atoms with E-state index in [1.165, 1.54) is 0 Å². The van der Waals surface area contributed by atoms with E-state index in [9.17, 15) is 14.7 Å². The standard InChI is InChI=1S/C37H40O8/c1-22(2)35-18-24(4)37-29(33(35)43-36(44-35,45-37)20-25-10-7-6-8-11-25)16-27(19-34(40)30(37)14-23(3)32(34)39)21-42-31(38)17-26-12-9-13-28(15-26)41-5/h6-16,24,29-30,33,40H,1,17-21H2,2-5H3/t24-,29+,30-,33?,34-,35+,36?,37?/m1/s1. The van der Waals surface area contributed by atoms with Crippen LogP contribution in [0.3, 0.4) is 0 Å². The zero-order chi connectivity index (χ0) is 31.8. The Morgan fingerprint density at radius 3 is 2.58 bits per heavy atom. The minimum atomic E-state index is -1.77. The Hall–Kier alpha value is -3.56. The number of ketones is 1. The summed E-state index contributed by atoms with van der Waals surface area (Å²) in [6, 6.07) is 17.2. The van der Waals surface area contributed by atoms with Crippen molar-refractivity contribution in [1.29, 1.82) is 0 Å². The quantitative estimate of drug-likeness (QED) is 0.327. The fraction of sp³-hybridized carbons (Fsp3) is 0.459. The Morgan fingerprint density at radius 2 is 1.84 bits per heavy atom. The highest BCUT2D eigenvalue weighted by Gasteiger charge is 2.79. The molecule has 45 heavy (non-hydrogen) atoms. The van der Waals surface area contributed by atoms with Crippen molar-refractivity contribution < 1.29 is 38.4 Å². The first-order valence-corrected chi connectivity index (χ1v) is 15.7. The Balaban J connectivity index is 1.28. The number of esters is 1. The van der Waals surface area contributed by atoms with Crippen LogP contribution in [0.15, 0.2) is 90.0 Å². The van der Waals surface area contributed by atoms with E-state index >= 15 is 0 Å². The number of rotatable bonds is 8. The van der Waals surface area contributed by atoms with Crippen LogP contribution in [0.1, 0.15) is 44.7 Å². The molecule has 5 aliphatic rings. The van der Waals surface area contributed by atoms with E-state index in [-0.39, 0.29) is 31.1 Å². The van der Waals surface area contributed by atoms with Gasteiger partial charge in [0.05, 0.1) is 25.6 Å². The lowest BCUT2D eigenvalue weighted by molar-refractivity contribution is -0.421. The molecule has 2 aromatic rings. The summed E-state index contributed by atoms with van der Waals surface area (Å²) in [6.45, 7) is 10.1. The van der Waals surface area contributed by atoms with Gasteiger partial charge in [-0.3, -0.25) is 9.59 Å². The fourth-order valence-electron chi connectivity index (χ4n) is 8.66. The highest BCUT2D eigenvalue weighted by atomic mass is 16.9. The lowest BCUT2D eigenvalue weighted by Crippen LogP contribution is -2.70. The number of hydrogen-bond donors (Lipinski definition) is 1. The van der Waals surface area contributed by atoms with Gasteiger partial charge in [-0.25, -0.2) is 0 Å². The van der Waals surface area contributed by atoms with Gasteiger partial charge in [0.15, 0.2) is 5.78 Å². The normalized spacial score (nSPS) is 37.7.